The van der Waals surface area contributed by atoms with Gasteiger partial charge in [-0.2, -0.15) is 13.2 Å². The summed E-state index contributed by atoms with van der Waals surface area (Å²) in [4.78, 5) is 3.88. The average molecular weight is 274 g/mol. The van der Waals surface area contributed by atoms with Gasteiger partial charge in [0.05, 0.1) is 11.7 Å². The summed E-state index contributed by atoms with van der Waals surface area (Å²) in [6.45, 7) is 1.35. The smallest absolute Gasteiger partial charge is 0.378 e. The van der Waals surface area contributed by atoms with Gasteiger partial charge in [0.2, 0.25) is 0 Å². The predicted octanol–water partition coefficient (Wildman–Crippen LogP) is 3.47. The first-order chi connectivity index (χ1) is 9.05. The fourth-order valence-electron chi connectivity index (χ4n) is 2.10. The molecule has 0 aromatic carbocycles. The van der Waals surface area contributed by atoms with Crippen LogP contribution >= 0.6 is 0 Å². The highest BCUT2D eigenvalue weighted by molar-refractivity contribution is 5.38. The van der Waals surface area contributed by atoms with Crippen LogP contribution < -0.4 is 5.32 Å². The van der Waals surface area contributed by atoms with Gasteiger partial charge in [-0.25, -0.2) is 4.98 Å². The van der Waals surface area contributed by atoms with Gasteiger partial charge in [0, 0.05) is 19.3 Å². The number of aromatic nitrogens is 1. The lowest BCUT2D eigenvalue weighted by Gasteiger charge is -2.22. The van der Waals surface area contributed by atoms with Gasteiger partial charge in [0.15, 0.2) is 0 Å². The third-order valence-electron chi connectivity index (χ3n) is 3.13. The summed E-state index contributed by atoms with van der Waals surface area (Å²) in [7, 11) is 0. The molecule has 1 aliphatic heterocycles. The van der Waals surface area contributed by atoms with Gasteiger partial charge in [-0.3, -0.25) is 0 Å². The molecule has 0 spiro atoms. The Hall–Kier alpha value is -1.30. The van der Waals surface area contributed by atoms with E-state index in [2.05, 4.69) is 10.3 Å². The summed E-state index contributed by atoms with van der Waals surface area (Å²) in [6, 6.07) is 2.00. The van der Waals surface area contributed by atoms with Crippen LogP contribution in [0.15, 0.2) is 18.3 Å². The normalized spacial score (nSPS) is 20.3. The number of halogens is 3. The molecule has 1 fully saturated rings. The van der Waals surface area contributed by atoms with Crippen LogP contribution in [-0.4, -0.2) is 24.2 Å². The molecule has 1 atom stereocenters. The van der Waals surface area contributed by atoms with Crippen LogP contribution in [0.4, 0.5) is 19.0 Å². The number of hydrogen-bond donors (Lipinski definition) is 1. The topological polar surface area (TPSA) is 34.2 Å². The molecule has 19 heavy (non-hydrogen) atoms. The first-order valence-electron chi connectivity index (χ1n) is 6.44. The van der Waals surface area contributed by atoms with Crippen LogP contribution in [0.3, 0.4) is 0 Å². The Morgan fingerprint density at radius 1 is 1.37 bits per heavy atom. The van der Waals surface area contributed by atoms with Crippen molar-refractivity contribution < 1.29 is 17.9 Å². The molecule has 1 aromatic heterocycles. The lowest BCUT2D eigenvalue weighted by Crippen LogP contribution is -2.22. The van der Waals surface area contributed by atoms with Crippen molar-refractivity contribution in [3.05, 3.63) is 23.9 Å². The second-order valence-electron chi connectivity index (χ2n) is 4.63. The fraction of sp³-hybridized carbons (Fsp3) is 0.615. The zero-order chi connectivity index (χ0) is 13.7. The molecule has 2 heterocycles. The van der Waals surface area contributed by atoms with E-state index in [0.29, 0.717) is 6.54 Å². The highest BCUT2D eigenvalue weighted by Crippen LogP contribution is 2.29. The Bertz CT molecular complexity index is 403. The third-order valence-corrected chi connectivity index (χ3v) is 3.13. The molecular weight excluding hydrogens is 257 g/mol. The summed E-state index contributed by atoms with van der Waals surface area (Å²) in [6.07, 6.45) is 1.13. The minimum atomic E-state index is -4.33. The molecule has 1 saturated heterocycles. The zero-order valence-electron chi connectivity index (χ0n) is 10.5. The van der Waals surface area contributed by atoms with Crippen molar-refractivity contribution in [3.63, 3.8) is 0 Å². The van der Waals surface area contributed by atoms with Crippen LogP contribution in [0.25, 0.3) is 0 Å². The zero-order valence-corrected chi connectivity index (χ0v) is 10.5. The molecule has 0 saturated carbocycles. The van der Waals surface area contributed by atoms with Crippen LogP contribution in [0, 0.1) is 0 Å². The van der Waals surface area contributed by atoms with Gasteiger partial charge in [-0.05, 0) is 37.8 Å². The molecule has 1 aromatic rings. The van der Waals surface area contributed by atoms with Crippen molar-refractivity contribution in [2.45, 2.75) is 38.0 Å². The number of ether oxygens (including phenoxy) is 1. The van der Waals surface area contributed by atoms with Crippen LogP contribution in [0.5, 0.6) is 0 Å². The third kappa shape index (κ3) is 4.38. The molecule has 3 nitrogen and oxygen atoms in total. The van der Waals surface area contributed by atoms with Gasteiger partial charge in [0.1, 0.15) is 5.82 Å². The maximum absolute atomic E-state index is 12.5. The number of pyridine rings is 1. The molecule has 1 N–H and O–H groups in total. The monoisotopic (exact) mass is 274 g/mol. The average Bonchev–Trinajstić information content (AvgIpc) is 2.39. The van der Waals surface area contributed by atoms with Crippen molar-refractivity contribution in [1.29, 1.82) is 0 Å². The molecule has 0 aliphatic carbocycles. The predicted molar refractivity (Wildman–Crippen MR) is 65.9 cm³/mol. The largest absolute Gasteiger partial charge is 0.416 e. The van der Waals surface area contributed by atoms with Gasteiger partial charge >= 0.3 is 6.18 Å². The van der Waals surface area contributed by atoms with E-state index >= 15 is 0 Å². The maximum Gasteiger partial charge on any atom is 0.416 e. The van der Waals surface area contributed by atoms with Crippen LogP contribution in [0.1, 0.15) is 31.2 Å². The van der Waals surface area contributed by atoms with Crippen LogP contribution in [0.2, 0.25) is 0 Å². The minimum absolute atomic E-state index is 0.215. The van der Waals surface area contributed by atoms with Crippen molar-refractivity contribution >= 4 is 5.82 Å². The number of anilines is 1. The van der Waals surface area contributed by atoms with Crippen molar-refractivity contribution in [3.8, 4) is 0 Å². The molecule has 0 bridgehead atoms. The van der Waals surface area contributed by atoms with Gasteiger partial charge in [-0.1, -0.05) is 0 Å². The summed E-state index contributed by atoms with van der Waals surface area (Å²) < 4.78 is 43.1. The fourth-order valence-corrected chi connectivity index (χ4v) is 2.10. The van der Waals surface area contributed by atoms with E-state index in [1.165, 1.54) is 6.20 Å². The van der Waals surface area contributed by atoms with E-state index in [-0.39, 0.29) is 11.9 Å². The first-order valence-corrected chi connectivity index (χ1v) is 6.44. The Morgan fingerprint density at radius 2 is 2.21 bits per heavy atom. The standard InChI is InChI=1S/C13H17F3N2O/c14-13(15,16)10-4-6-17-12(9-10)18-7-5-11-3-1-2-8-19-11/h4,6,9,11H,1-3,5,7-8H2,(H,17,18). The summed E-state index contributed by atoms with van der Waals surface area (Å²) in [5, 5.41) is 2.91. The second-order valence-corrected chi connectivity index (χ2v) is 4.63. The molecule has 106 valence electrons. The molecule has 0 radical (unpaired) electrons. The summed E-state index contributed by atoms with van der Waals surface area (Å²) >= 11 is 0. The molecule has 0 amide bonds. The van der Waals surface area contributed by atoms with Crippen molar-refractivity contribution in [1.82, 2.24) is 4.98 Å². The van der Waals surface area contributed by atoms with Gasteiger partial charge in [-0.15, -0.1) is 0 Å². The first kappa shape index (κ1) is 14.1. The number of alkyl halides is 3. The minimum Gasteiger partial charge on any atom is -0.378 e. The number of hydrogen-bond acceptors (Lipinski definition) is 3. The Kier molecular flexibility index (Phi) is 4.63. The van der Waals surface area contributed by atoms with Crippen molar-refractivity contribution in [2.24, 2.45) is 0 Å². The van der Waals surface area contributed by atoms with E-state index in [1.807, 2.05) is 0 Å². The maximum atomic E-state index is 12.5. The van der Waals surface area contributed by atoms with E-state index < -0.39 is 11.7 Å². The molecule has 1 unspecified atom stereocenters. The number of nitrogens with one attached hydrogen (secondary N) is 1. The Labute approximate surface area is 110 Å². The van der Waals surface area contributed by atoms with Crippen LogP contribution in [-0.2, 0) is 10.9 Å². The lowest BCUT2D eigenvalue weighted by atomic mass is 10.1. The highest BCUT2D eigenvalue weighted by Gasteiger charge is 2.30. The van der Waals surface area contributed by atoms with E-state index in [1.54, 1.807) is 0 Å². The van der Waals surface area contributed by atoms with Crippen molar-refractivity contribution in [2.75, 3.05) is 18.5 Å². The lowest BCUT2D eigenvalue weighted by molar-refractivity contribution is -0.137. The summed E-state index contributed by atoms with van der Waals surface area (Å²) in [5.74, 6) is 0.255. The summed E-state index contributed by atoms with van der Waals surface area (Å²) in [5.41, 5.74) is -0.682. The second kappa shape index (κ2) is 6.23. The Morgan fingerprint density at radius 3 is 2.89 bits per heavy atom. The van der Waals surface area contributed by atoms with E-state index in [9.17, 15) is 13.2 Å². The van der Waals surface area contributed by atoms with E-state index in [4.69, 9.17) is 4.74 Å². The highest BCUT2D eigenvalue weighted by atomic mass is 19.4. The number of rotatable bonds is 4. The molecule has 6 heteroatoms. The quantitative estimate of drug-likeness (QED) is 0.912. The number of nitrogens with zero attached hydrogens (tertiary/aromatic N) is 1. The molecule has 2 rings (SSSR count). The van der Waals surface area contributed by atoms with Gasteiger partial charge in [0.25, 0.3) is 0 Å². The Balaban J connectivity index is 1.82. The SMILES string of the molecule is FC(F)(F)c1ccnc(NCCC2CCCCO2)c1. The molecular formula is C13H17F3N2O. The van der Waals surface area contributed by atoms with Gasteiger partial charge < -0.3 is 10.1 Å². The van der Waals surface area contributed by atoms with E-state index in [0.717, 1.165) is 44.4 Å². The molecule has 1 aliphatic rings.